The molecule has 1 unspecified atom stereocenters. The topological polar surface area (TPSA) is 24.5 Å². The normalized spacial score (nSPS) is 23.8. The minimum absolute atomic E-state index is 0.584. The zero-order chi connectivity index (χ0) is 12.5. The monoisotopic (exact) mass is 266 g/mol. The molecule has 0 amide bonds. The first-order valence-electron chi connectivity index (χ1n) is 6.60. The van der Waals surface area contributed by atoms with Crippen LogP contribution in [-0.4, -0.2) is 37.7 Å². The molecular weight excluding hydrogens is 248 g/mol. The number of hydrogen-bond acceptors (Lipinski definition) is 3. The summed E-state index contributed by atoms with van der Waals surface area (Å²) in [5.41, 5.74) is 3.86. The maximum absolute atomic E-state index is 6.38. The van der Waals surface area contributed by atoms with Crippen molar-refractivity contribution in [2.24, 2.45) is 0 Å². The predicted molar refractivity (Wildman–Crippen MR) is 74.5 cm³/mol. The number of rotatable bonds is 2. The summed E-state index contributed by atoms with van der Waals surface area (Å²) in [5, 5.41) is 4.28. The van der Waals surface area contributed by atoms with Crippen LogP contribution in [-0.2, 0) is 11.3 Å². The van der Waals surface area contributed by atoms with E-state index in [2.05, 4.69) is 29.3 Å². The summed E-state index contributed by atoms with van der Waals surface area (Å²) in [4.78, 5) is 2.41. The van der Waals surface area contributed by atoms with Crippen LogP contribution in [0.1, 0.15) is 24.0 Å². The highest BCUT2D eigenvalue weighted by Crippen LogP contribution is 2.35. The second kappa shape index (κ2) is 5.08. The van der Waals surface area contributed by atoms with Gasteiger partial charge in [-0.2, -0.15) is 0 Å². The molecule has 0 aliphatic carbocycles. The van der Waals surface area contributed by atoms with Crippen molar-refractivity contribution < 1.29 is 4.74 Å². The Bertz CT molecular complexity index is 444. The van der Waals surface area contributed by atoms with E-state index in [0.29, 0.717) is 5.92 Å². The molecule has 1 aromatic rings. The van der Waals surface area contributed by atoms with Crippen LogP contribution in [0.3, 0.4) is 0 Å². The van der Waals surface area contributed by atoms with Gasteiger partial charge >= 0.3 is 0 Å². The standard InChI is InChI=1S/C14H19ClN2O/c1-10-8-16-14-7-13(15)11(6-12(10)14)9-17-2-4-18-5-3-17/h6-7,10,16H,2-5,8-9H2,1H3. The molecule has 0 saturated carbocycles. The summed E-state index contributed by atoms with van der Waals surface area (Å²) in [7, 11) is 0. The lowest BCUT2D eigenvalue weighted by atomic mass is 10.0. The highest BCUT2D eigenvalue weighted by atomic mass is 35.5. The molecule has 0 spiro atoms. The highest BCUT2D eigenvalue weighted by Gasteiger charge is 2.21. The Kier molecular flexibility index (Phi) is 3.46. The van der Waals surface area contributed by atoms with Gasteiger partial charge in [-0.15, -0.1) is 0 Å². The van der Waals surface area contributed by atoms with Gasteiger partial charge in [-0.3, -0.25) is 4.90 Å². The van der Waals surface area contributed by atoms with Crippen molar-refractivity contribution >= 4 is 17.3 Å². The van der Waals surface area contributed by atoms with Crippen molar-refractivity contribution in [1.29, 1.82) is 0 Å². The minimum Gasteiger partial charge on any atom is -0.384 e. The van der Waals surface area contributed by atoms with E-state index in [1.54, 1.807) is 0 Å². The van der Waals surface area contributed by atoms with Crippen LogP contribution in [0.4, 0.5) is 5.69 Å². The molecule has 1 aromatic carbocycles. The smallest absolute Gasteiger partial charge is 0.0594 e. The zero-order valence-electron chi connectivity index (χ0n) is 10.7. The van der Waals surface area contributed by atoms with Gasteiger partial charge in [0, 0.05) is 42.8 Å². The Morgan fingerprint density at radius 2 is 2.17 bits per heavy atom. The van der Waals surface area contributed by atoms with Crippen LogP contribution < -0.4 is 5.32 Å². The fraction of sp³-hybridized carbons (Fsp3) is 0.571. The molecule has 18 heavy (non-hydrogen) atoms. The van der Waals surface area contributed by atoms with Crippen LogP contribution in [0.25, 0.3) is 0 Å². The van der Waals surface area contributed by atoms with E-state index < -0.39 is 0 Å². The summed E-state index contributed by atoms with van der Waals surface area (Å²) in [6, 6.07) is 4.36. The number of ether oxygens (including phenoxy) is 1. The van der Waals surface area contributed by atoms with Gasteiger partial charge in [0.05, 0.1) is 13.2 Å². The van der Waals surface area contributed by atoms with Crippen molar-refractivity contribution in [3.05, 3.63) is 28.3 Å². The van der Waals surface area contributed by atoms with Gasteiger partial charge in [0.25, 0.3) is 0 Å². The van der Waals surface area contributed by atoms with E-state index >= 15 is 0 Å². The van der Waals surface area contributed by atoms with Crippen LogP contribution in [0.2, 0.25) is 5.02 Å². The average Bonchev–Trinajstić information content (AvgIpc) is 2.73. The number of nitrogens with zero attached hydrogens (tertiary/aromatic N) is 1. The third-order valence-electron chi connectivity index (χ3n) is 3.85. The Balaban J connectivity index is 1.81. The number of halogens is 1. The summed E-state index contributed by atoms with van der Waals surface area (Å²) in [6.45, 7) is 7.88. The van der Waals surface area contributed by atoms with Crippen molar-refractivity contribution in [2.75, 3.05) is 38.2 Å². The second-order valence-corrected chi connectivity index (χ2v) is 5.61. The van der Waals surface area contributed by atoms with E-state index in [9.17, 15) is 0 Å². The lowest BCUT2D eigenvalue weighted by Gasteiger charge is -2.27. The number of anilines is 1. The summed E-state index contributed by atoms with van der Waals surface area (Å²) in [5.74, 6) is 0.584. The third-order valence-corrected chi connectivity index (χ3v) is 4.20. The van der Waals surface area contributed by atoms with E-state index in [0.717, 1.165) is 44.4 Å². The van der Waals surface area contributed by atoms with Crippen molar-refractivity contribution in [1.82, 2.24) is 4.90 Å². The maximum atomic E-state index is 6.38. The molecule has 0 radical (unpaired) electrons. The van der Waals surface area contributed by atoms with Gasteiger partial charge in [-0.05, 0) is 17.2 Å². The number of morpholine rings is 1. The maximum Gasteiger partial charge on any atom is 0.0594 e. The molecule has 2 aliphatic heterocycles. The third kappa shape index (κ3) is 2.35. The largest absolute Gasteiger partial charge is 0.384 e. The number of hydrogen-bond donors (Lipinski definition) is 1. The summed E-state index contributed by atoms with van der Waals surface area (Å²) >= 11 is 6.38. The molecule has 2 aliphatic rings. The molecule has 0 aromatic heterocycles. The second-order valence-electron chi connectivity index (χ2n) is 5.20. The fourth-order valence-electron chi connectivity index (χ4n) is 2.69. The molecular formula is C14H19ClN2O. The molecule has 1 fully saturated rings. The molecule has 3 rings (SSSR count). The molecule has 3 nitrogen and oxygen atoms in total. The first-order valence-corrected chi connectivity index (χ1v) is 6.98. The first-order chi connectivity index (χ1) is 8.74. The highest BCUT2D eigenvalue weighted by molar-refractivity contribution is 6.31. The van der Waals surface area contributed by atoms with Crippen LogP contribution in [0.5, 0.6) is 0 Å². The van der Waals surface area contributed by atoms with E-state index in [4.69, 9.17) is 16.3 Å². The quantitative estimate of drug-likeness (QED) is 0.891. The van der Waals surface area contributed by atoms with Crippen molar-refractivity contribution in [3.8, 4) is 0 Å². The van der Waals surface area contributed by atoms with Crippen molar-refractivity contribution in [2.45, 2.75) is 19.4 Å². The SMILES string of the molecule is CC1CNc2cc(Cl)c(CN3CCOCC3)cc21. The Morgan fingerprint density at radius 1 is 1.39 bits per heavy atom. The number of benzene rings is 1. The molecule has 2 heterocycles. The van der Waals surface area contributed by atoms with Gasteiger partial charge in [0.1, 0.15) is 0 Å². The Labute approximate surface area is 113 Å². The average molecular weight is 267 g/mol. The molecule has 0 bridgehead atoms. The van der Waals surface area contributed by atoms with E-state index in [1.165, 1.54) is 16.8 Å². The van der Waals surface area contributed by atoms with Gasteiger partial charge < -0.3 is 10.1 Å². The van der Waals surface area contributed by atoms with Crippen LogP contribution >= 0.6 is 11.6 Å². The molecule has 1 saturated heterocycles. The molecule has 1 N–H and O–H groups in total. The Morgan fingerprint density at radius 3 is 2.94 bits per heavy atom. The summed E-state index contributed by atoms with van der Waals surface area (Å²) in [6.07, 6.45) is 0. The predicted octanol–water partition coefficient (Wildman–Crippen LogP) is 2.70. The number of fused-ring (bicyclic) bond motifs is 1. The van der Waals surface area contributed by atoms with Gasteiger partial charge in [-0.1, -0.05) is 24.6 Å². The Hall–Kier alpha value is -0.770. The minimum atomic E-state index is 0.584. The lowest BCUT2D eigenvalue weighted by molar-refractivity contribution is 0.0342. The van der Waals surface area contributed by atoms with E-state index in [-0.39, 0.29) is 0 Å². The first kappa shape index (κ1) is 12.3. The van der Waals surface area contributed by atoms with E-state index in [1.807, 2.05) is 0 Å². The van der Waals surface area contributed by atoms with Crippen LogP contribution in [0.15, 0.2) is 12.1 Å². The van der Waals surface area contributed by atoms with Gasteiger partial charge in [-0.25, -0.2) is 0 Å². The molecule has 98 valence electrons. The number of nitrogens with one attached hydrogen (secondary N) is 1. The van der Waals surface area contributed by atoms with Gasteiger partial charge in [0.2, 0.25) is 0 Å². The molecule has 1 atom stereocenters. The van der Waals surface area contributed by atoms with Crippen LogP contribution in [0, 0.1) is 0 Å². The molecule has 4 heteroatoms. The lowest BCUT2D eigenvalue weighted by Crippen LogP contribution is -2.35. The fourth-order valence-corrected chi connectivity index (χ4v) is 2.92. The summed E-state index contributed by atoms with van der Waals surface area (Å²) < 4.78 is 5.37. The van der Waals surface area contributed by atoms with Gasteiger partial charge in [0.15, 0.2) is 0 Å². The van der Waals surface area contributed by atoms with Crippen molar-refractivity contribution in [3.63, 3.8) is 0 Å². The zero-order valence-corrected chi connectivity index (χ0v) is 11.5.